The minimum Gasteiger partial charge on any atom is -0.481 e. The van der Waals surface area contributed by atoms with E-state index in [1.54, 1.807) is 11.3 Å². The van der Waals surface area contributed by atoms with Crippen LogP contribution in [0.3, 0.4) is 0 Å². The molecular weight excluding hydrogens is 306 g/mol. The average Bonchev–Trinajstić information content (AvgIpc) is 2.99. The van der Waals surface area contributed by atoms with Gasteiger partial charge in [-0.05, 0) is 48.6 Å². The molecule has 1 aliphatic carbocycles. The Labute approximate surface area is 131 Å². The molecule has 0 amide bonds. The summed E-state index contributed by atoms with van der Waals surface area (Å²) in [5, 5.41) is 22.3. The molecule has 21 heavy (non-hydrogen) atoms. The van der Waals surface area contributed by atoms with Crippen molar-refractivity contribution >= 4 is 29.1 Å². The molecular formula is C14H17N3O2S2. The summed E-state index contributed by atoms with van der Waals surface area (Å²) in [6, 6.07) is 2.37. The second-order valence-electron chi connectivity index (χ2n) is 5.35. The number of carboxylic acids is 1. The third kappa shape index (κ3) is 3.47. The maximum atomic E-state index is 10.8. The van der Waals surface area contributed by atoms with Crippen molar-refractivity contribution in [3.05, 3.63) is 28.2 Å². The maximum absolute atomic E-state index is 10.8. The second-order valence-corrected chi connectivity index (χ2v) is 7.07. The molecule has 0 radical (unpaired) electrons. The van der Waals surface area contributed by atoms with Crippen LogP contribution in [-0.2, 0) is 11.2 Å². The van der Waals surface area contributed by atoms with Gasteiger partial charge >= 0.3 is 5.97 Å². The van der Waals surface area contributed by atoms with E-state index in [1.165, 1.54) is 17.3 Å². The van der Waals surface area contributed by atoms with Crippen LogP contribution >= 0.6 is 23.1 Å². The van der Waals surface area contributed by atoms with E-state index in [0.717, 1.165) is 30.2 Å². The predicted octanol–water partition coefficient (Wildman–Crippen LogP) is 3.20. The molecule has 7 heteroatoms. The third-order valence-corrected chi connectivity index (χ3v) is 5.17. The zero-order valence-electron chi connectivity index (χ0n) is 11.7. The van der Waals surface area contributed by atoms with Crippen LogP contribution in [0.4, 0.5) is 0 Å². The Balaban J connectivity index is 1.82. The first-order chi connectivity index (χ1) is 10.1. The summed E-state index contributed by atoms with van der Waals surface area (Å²) in [6.45, 7) is 2.15. The molecule has 112 valence electrons. The lowest BCUT2D eigenvalue weighted by Gasteiger charge is -2.17. The Morgan fingerprint density at radius 1 is 1.57 bits per heavy atom. The highest BCUT2D eigenvalue weighted by Crippen LogP contribution is 2.41. The number of thiophene rings is 1. The summed E-state index contributed by atoms with van der Waals surface area (Å²) in [5.41, 5.74) is 1.30. The van der Waals surface area contributed by atoms with Crippen molar-refractivity contribution < 1.29 is 9.90 Å². The summed E-state index contributed by atoms with van der Waals surface area (Å²) in [7, 11) is 0. The van der Waals surface area contributed by atoms with Gasteiger partial charge in [0.15, 0.2) is 5.16 Å². The van der Waals surface area contributed by atoms with Gasteiger partial charge < -0.3 is 9.67 Å². The quantitative estimate of drug-likeness (QED) is 0.793. The van der Waals surface area contributed by atoms with E-state index in [1.807, 2.05) is 0 Å². The monoisotopic (exact) mass is 323 g/mol. The highest BCUT2D eigenvalue weighted by atomic mass is 32.2. The number of thioether (sulfide) groups is 1. The number of aromatic nitrogens is 3. The summed E-state index contributed by atoms with van der Waals surface area (Å²) < 4.78 is 2.14. The van der Waals surface area contributed by atoms with Gasteiger partial charge in [-0.15, -0.1) is 10.2 Å². The molecule has 2 aromatic heterocycles. The zero-order valence-corrected chi connectivity index (χ0v) is 13.4. The van der Waals surface area contributed by atoms with E-state index < -0.39 is 5.97 Å². The number of hydrogen-bond donors (Lipinski definition) is 1. The van der Waals surface area contributed by atoms with Crippen LogP contribution in [-0.4, -0.2) is 31.6 Å². The van der Waals surface area contributed by atoms with Gasteiger partial charge in [-0.2, -0.15) is 11.3 Å². The summed E-state index contributed by atoms with van der Waals surface area (Å²) in [5.74, 6) is 0.716. The van der Waals surface area contributed by atoms with E-state index in [2.05, 4.69) is 38.5 Å². The highest BCUT2D eigenvalue weighted by molar-refractivity contribution is 7.99. The molecule has 1 atom stereocenters. The minimum atomic E-state index is -0.826. The summed E-state index contributed by atoms with van der Waals surface area (Å²) in [6.07, 6.45) is 3.24. The Kier molecular flexibility index (Phi) is 4.30. The number of carboxylic acid groups (broad SMARTS) is 1. The molecule has 0 saturated heterocycles. The third-order valence-electron chi connectivity index (χ3n) is 3.51. The number of carbonyl (C=O) groups is 1. The normalized spacial score (nSPS) is 16.0. The van der Waals surface area contributed by atoms with Crippen molar-refractivity contribution in [3.8, 4) is 0 Å². The van der Waals surface area contributed by atoms with Gasteiger partial charge in [0.05, 0.1) is 5.75 Å². The molecule has 1 fully saturated rings. The van der Waals surface area contributed by atoms with Crippen LogP contribution in [0.25, 0.3) is 0 Å². The Bertz CT molecular complexity index is 620. The van der Waals surface area contributed by atoms with Crippen LogP contribution in [0.15, 0.2) is 22.0 Å². The van der Waals surface area contributed by atoms with E-state index >= 15 is 0 Å². The van der Waals surface area contributed by atoms with Crippen LogP contribution in [0.2, 0.25) is 0 Å². The van der Waals surface area contributed by atoms with E-state index in [0.29, 0.717) is 5.92 Å². The number of rotatable bonds is 7. The molecule has 0 spiro atoms. The van der Waals surface area contributed by atoms with Gasteiger partial charge in [0, 0.05) is 12.0 Å². The fourth-order valence-electron chi connectivity index (χ4n) is 2.39. The predicted molar refractivity (Wildman–Crippen MR) is 83.1 cm³/mol. The highest BCUT2D eigenvalue weighted by Gasteiger charge is 2.32. The van der Waals surface area contributed by atoms with Gasteiger partial charge in [-0.3, -0.25) is 4.79 Å². The molecule has 0 bridgehead atoms. The molecule has 5 nitrogen and oxygen atoms in total. The smallest absolute Gasteiger partial charge is 0.313 e. The van der Waals surface area contributed by atoms with Gasteiger partial charge in [0.1, 0.15) is 5.82 Å². The average molecular weight is 323 g/mol. The summed E-state index contributed by atoms with van der Waals surface area (Å²) >= 11 is 2.95. The van der Waals surface area contributed by atoms with Crippen molar-refractivity contribution in [2.45, 2.75) is 43.3 Å². The van der Waals surface area contributed by atoms with Crippen molar-refractivity contribution in [2.75, 3.05) is 5.75 Å². The van der Waals surface area contributed by atoms with E-state index in [4.69, 9.17) is 5.11 Å². The van der Waals surface area contributed by atoms with Gasteiger partial charge in [0.25, 0.3) is 0 Å². The molecule has 2 aromatic rings. The minimum absolute atomic E-state index is 0.0218. The molecule has 1 unspecified atom stereocenters. The maximum Gasteiger partial charge on any atom is 0.313 e. The first-order valence-electron chi connectivity index (χ1n) is 6.95. The van der Waals surface area contributed by atoms with Crippen molar-refractivity contribution in [2.24, 2.45) is 0 Å². The number of nitrogens with zero attached hydrogens (tertiary/aromatic N) is 3. The zero-order chi connectivity index (χ0) is 14.8. The number of aliphatic carboxylic acids is 1. The lowest BCUT2D eigenvalue weighted by atomic mass is 10.1. The molecule has 2 heterocycles. The lowest BCUT2D eigenvalue weighted by Crippen LogP contribution is -2.13. The van der Waals surface area contributed by atoms with Crippen LogP contribution in [0, 0.1) is 0 Å². The van der Waals surface area contributed by atoms with Crippen LogP contribution in [0.1, 0.15) is 43.1 Å². The standard InChI is InChI=1S/C14H17N3O2S2/c1-9(6-10-4-5-20-7-10)17-13(11-2-3-11)15-16-14(17)21-8-12(18)19/h4-5,7,9,11H,2-3,6,8H2,1H3,(H,18,19). The first kappa shape index (κ1) is 14.6. The van der Waals surface area contributed by atoms with E-state index in [9.17, 15) is 4.79 Å². The van der Waals surface area contributed by atoms with Gasteiger partial charge in [0.2, 0.25) is 0 Å². The van der Waals surface area contributed by atoms with Crippen LogP contribution in [0.5, 0.6) is 0 Å². The van der Waals surface area contributed by atoms with Crippen molar-refractivity contribution in [1.29, 1.82) is 0 Å². The topological polar surface area (TPSA) is 68.0 Å². The van der Waals surface area contributed by atoms with Gasteiger partial charge in [-0.1, -0.05) is 11.8 Å². The summed E-state index contributed by atoms with van der Waals surface area (Å²) in [4.78, 5) is 10.8. The molecule has 0 aliphatic heterocycles. The number of hydrogen-bond acceptors (Lipinski definition) is 5. The Morgan fingerprint density at radius 2 is 2.38 bits per heavy atom. The molecule has 1 saturated carbocycles. The molecule has 0 aromatic carbocycles. The molecule has 1 aliphatic rings. The van der Waals surface area contributed by atoms with Crippen LogP contribution < -0.4 is 0 Å². The molecule has 1 N–H and O–H groups in total. The van der Waals surface area contributed by atoms with Crippen molar-refractivity contribution in [1.82, 2.24) is 14.8 Å². The lowest BCUT2D eigenvalue weighted by molar-refractivity contribution is -0.133. The van der Waals surface area contributed by atoms with Gasteiger partial charge in [-0.25, -0.2) is 0 Å². The fraction of sp³-hybridized carbons (Fsp3) is 0.500. The largest absolute Gasteiger partial charge is 0.481 e. The van der Waals surface area contributed by atoms with Crippen molar-refractivity contribution in [3.63, 3.8) is 0 Å². The SMILES string of the molecule is CC(Cc1ccsc1)n1c(SCC(=O)O)nnc1C1CC1. The first-order valence-corrected chi connectivity index (χ1v) is 8.88. The fourth-order valence-corrected chi connectivity index (χ4v) is 3.83. The second kappa shape index (κ2) is 6.19. The molecule has 3 rings (SSSR count). The Morgan fingerprint density at radius 3 is 3.00 bits per heavy atom. The van der Waals surface area contributed by atoms with E-state index in [-0.39, 0.29) is 11.8 Å². The Hall–Kier alpha value is -1.34.